The Kier molecular flexibility index (Phi) is 4.26. The zero-order valence-electron chi connectivity index (χ0n) is 9.07. The Labute approximate surface area is 93.3 Å². The minimum absolute atomic E-state index is 0.188. The standard InChI is InChI=1S/C10H16N2O2S/c1-6-4-5-15-9(6)7(11-2)8(12-3)10(13)14/h4-5,7-8,11-12H,1-3H3,(H,13,14). The van der Waals surface area contributed by atoms with E-state index < -0.39 is 12.0 Å². The summed E-state index contributed by atoms with van der Waals surface area (Å²) in [4.78, 5) is 12.1. The Bertz CT molecular complexity index is 338. The summed E-state index contributed by atoms with van der Waals surface area (Å²) in [6.45, 7) is 1.99. The van der Waals surface area contributed by atoms with E-state index in [1.54, 1.807) is 25.4 Å². The summed E-state index contributed by atoms with van der Waals surface area (Å²) in [6.07, 6.45) is 0. The van der Waals surface area contributed by atoms with Crippen molar-refractivity contribution in [2.24, 2.45) is 0 Å². The van der Waals surface area contributed by atoms with Crippen molar-refractivity contribution in [2.75, 3.05) is 14.1 Å². The van der Waals surface area contributed by atoms with Gasteiger partial charge in [-0.3, -0.25) is 4.79 Å². The lowest BCUT2D eigenvalue weighted by Gasteiger charge is -2.22. The number of rotatable bonds is 5. The number of nitrogens with one attached hydrogen (secondary N) is 2. The summed E-state index contributed by atoms with van der Waals surface area (Å²) in [5.74, 6) is -0.843. The minimum Gasteiger partial charge on any atom is -0.480 e. The molecule has 2 unspecified atom stereocenters. The molecule has 1 rings (SSSR count). The van der Waals surface area contributed by atoms with Crippen LogP contribution in [-0.4, -0.2) is 31.2 Å². The number of thiophene rings is 1. The first-order valence-electron chi connectivity index (χ1n) is 4.73. The number of hydrogen-bond acceptors (Lipinski definition) is 4. The predicted molar refractivity (Wildman–Crippen MR) is 61.3 cm³/mol. The van der Waals surface area contributed by atoms with Gasteiger partial charge < -0.3 is 15.7 Å². The van der Waals surface area contributed by atoms with E-state index in [0.29, 0.717) is 0 Å². The number of carbonyl (C=O) groups is 1. The lowest BCUT2D eigenvalue weighted by molar-refractivity contribution is -0.140. The first-order chi connectivity index (χ1) is 7.11. The van der Waals surface area contributed by atoms with Crippen LogP contribution in [0, 0.1) is 6.92 Å². The lowest BCUT2D eigenvalue weighted by atomic mass is 10.0. The number of likely N-dealkylation sites (N-methyl/N-ethyl adjacent to an activating group) is 2. The van der Waals surface area contributed by atoms with E-state index in [-0.39, 0.29) is 6.04 Å². The highest BCUT2D eigenvalue weighted by Gasteiger charge is 2.28. The van der Waals surface area contributed by atoms with Gasteiger partial charge >= 0.3 is 5.97 Å². The van der Waals surface area contributed by atoms with Gasteiger partial charge in [-0.2, -0.15) is 0 Å². The van der Waals surface area contributed by atoms with Gasteiger partial charge in [0.05, 0.1) is 6.04 Å². The molecule has 0 saturated carbocycles. The topological polar surface area (TPSA) is 61.4 Å². The van der Waals surface area contributed by atoms with E-state index in [0.717, 1.165) is 10.4 Å². The van der Waals surface area contributed by atoms with E-state index in [4.69, 9.17) is 5.11 Å². The smallest absolute Gasteiger partial charge is 0.322 e. The second-order valence-corrected chi connectivity index (χ2v) is 4.29. The van der Waals surface area contributed by atoms with Gasteiger partial charge in [0.2, 0.25) is 0 Å². The fourth-order valence-corrected chi connectivity index (χ4v) is 2.66. The molecule has 0 spiro atoms. The molecule has 5 heteroatoms. The summed E-state index contributed by atoms with van der Waals surface area (Å²) < 4.78 is 0. The second kappa shape index (κ2) is 5.25. The highest BCUT2D eigenvalue weighted by molar-refractivity contribution is 7.10. The van der Waals surface area contributed by atoms with Crippen LogP contribution >= 0.6 is 11.3 Å². The molecule has 84 valence electrons. The molecular formula is C10H16N2O2S. The number of aliphatic carboxylic acids is 1. The van der Waals surface area contributed by atoms with Crippen molar-refractivity contribution in [3.63, 3.8) is 0 Å². The average Bonchev–Trinajstić information content (AvgIpc) is 2.60. The van der Waals surface area contributed by atoms with Crippen molar-refractivity contribution in [1.29, 1.82) is 0 Å². The van der Waals surface area contributed by atoms with Crippen LogP contribution in [0.5, 0.6) is 0 Å². The molecule has 15 heavy (non-hydrogen) atoms. The molecule has 4 nitrogen and oxygen atoms in total. The highest BCUT2D eigenvalue weighted by atomic mass is 32.1. The number of aryl methyl sites for hydroxylation is 1. The quantitative estimate of drug-likeness (QED) is 0.703. The van der Waals surface area contributed by atoms with Crippen molar-refractivity contribution in [1.82, 2.24) is 10.6 Å². The zero-order chi connectivity index (χ0) is 11.4. The highest BCUT2D eigenvalue weighted by Crippen LogP contribution is 2.26. The van der Waals surface area contributed by atoms with E-state index in [1.807, 2.05) is 18.4 Å². The van der Waals surface area contributed by atoms with Crippen LogP contribution in [0.3, 0.4) is 0 Å². The maximum absolute atomic E-state index is 11.0. The molecular weight excluding hydrogens is 212 g/mol. The zero-order valence-corrected chi connectivity index (χ0v) is 9.89. The second-order valence-electron chi connectivity index (χ2n) is 3.34. The van der Waals surface area contributed by atoms with Crippen LogP contribution in [0.25, 0.3) is 0 Å². The molecule has 0 radical (unpaired) electrons. The molecule has 0 bridgehead atoms. The average molecular weight is 228 g/mol. The van der Waals surface area contributed by atoms with Crippen molar-refractivity contribution in [3.8, 4) is 0 Å². The molecule has 2 atom stereocenters. The van der Waals surface area contributed by atoms with Gasteiger partial charge in [-0.05, 0) is 38.0 Å². The van der Waals surface area contributed by atoms with Gasteiger partial charge in [0.15, 0.2) is 0 Å². The van der Waals surface area contributed by atoms with Gasteiger partial charge in [-0.25, -0.2) is 0 Å². The molecule has 1 aromatic rings. The Morgan fingerprint density at radius 3 is 2.47 bits per heavy atom. The summed E-state index contributed by atoms with van der Waals surface area (Å²) >= 11 is 1.58. The van der Waals surface area contributed by atoms with Crippen LogP contribution in [-0.2, 0) is 4.79 Å². The van der Waals surface area contributed by atoms with Gasteiger partial charge in [0, 0.05) is 4.88 Å². The van der Waals surface area contributed by atoms with E-state index in [2.05, 4.69) is 10.6 Å². The monoisotopic (exact) mass is 228 g/mol. The van der Waals surface area contributed by atoms with Crippen molar-refractivity contribution >= 4 is 17.3 Å². The van der Waals surface area contributed by atoms with Gasteiger partial charge in [0.1, 0.15) is 6.04 Å². The summed E-state index contributed by atoms with van der Waals surface area (Å²) in [7, 11) is 3.43. The van der Waals surface area contributed by atoms with Gasteiger partial charge in [-0.1, -0.05) is 0 Å². The first kappa shape index (κ1) is 12.2. The Morgan fingerprint density at radius 1 is 1.47 bits per heavy atom. The van der Waals surface area contributed by atoms with Crippen molar-refractivity contribution in [3.05, 3.63) is 21.9 Å². The maximum Gasteiger partial charge on any atom is 0.322 e. The summed E-state index contributed by atoms with van der Waals surface area (Å²) in [5, 5.41) is 16.9. The van der Waals surface area contributed by atoms with Crippen LogP contribution in [0.2, 0.25) is 0 Å². The molecule has 3 N–H and O–H groups in total. The number of hydrogen-bond donors (Lipinski definition) is 3. The third-order valence-corrected chi connectivity index (χ3v) is 3.51. The Morgan fingerprint density at radius 2 is 2.13 bits per heavy atom. The largest absolute Gasteiger partial charge is 0.480 e. The Balaban J connectivity index is 2.97. The van der Waals surface area contributed by atoms with E-state index in [1.165, 1.54) is 0 Å². The normalized spacial score (nSPS) is 14.9. The number of carboxylic acid groups (broad SMARTS) is 1. The molecule has 0 fully saturated rings. The maximum atomic E-state index is 11.0. The van der Waals surface area contributed by atoms with Gasteiger partial charge in [0.25, 0.3) is 0 Å². The fourth-order valence-electron chi connectivity index (χ4n) is 1.58. The molecule has 0 aliphatic carbocycles. The lowest BCUT2D eigenvalue weighted by Crippen LogP contribution is -2.44. The third-order valence-electron chi connectivity index (χ3n) is 2.41. The minimum atomic E-state index is -0.843. The Hall–Kier alpha value is -0.910. The molecule has 0 aliphatic rings. The van der Waals surface area contributed by atoms with Crippen LogP contribution < -0.4 is 10.6 Å². The van der Waals surface area contributed by atoms with E-state index >= 15 is 0 Å². The third kappa shape index (κ3) is 2.56. The molecule has 0 aromatic carbocycles. The van der Waals surface area contributed by atoms with Crippen molar-refractivity contribution in [2.45, 2.75) is 19.0 Å². The first-order valence-corrected chi connectivity index (χ1v) is 5.61. The SMILES string of the molecule is CNC(C(=O)O)C(NC)c1sccc1C. The summed E-state index contributed by atoms with van der Waals surface area (Å²) in [5.41, 5.74) is 1.13. The molecule has 0 saturated heterocycles. The van der Waals surface area contributed by atoms with Crippen LogP contribution in [0.1, 0.15) is 16.5 Å². The summed E-state index contributed by atoms with van der Waals surface area (Å²) in [6, 6.07) is 1.21. The molecule has 1 heterocycles. The molecule has 0 amide bonds. The van der Waals surface area contributed by atoms with Crippen LogP contribution in [0.15, 0.2) is 11.4 Å². The number of carboxylic acids is 1. The van der Waals surface area contributed by atoms with Crippen molar-refractivity contribution < 1.29 is 9.90 Å². The fraction of sp³-hybridized carbons (Fsp3) is 0.500. The predicted octanol–water partition coefficient (Wildman–Crippen LogP) is 0.990. The van der Waals surface area contributed by atoms with E-state index in [9.17, 15) is 4.79 Å². The van der Waals surface area contributed by atoms with Gasteiger partial charge in [-0.15, -0.1) is 11.3 Å². The van der Waals surface area contributed by atoms with Crippen LogP contribution in [0.4, 0.5) is 0 Å². The molecule has 1 aromatic heterocycles. The molecule has 0 aliphatic heterocycles.